The lowest BCUT2D eigenvalue weighted by molar-refractivity contribution is 0.629. The first-order valence-electron chi connectivity index (χ1n) is 5.06. The molecule has 1 aromatic heterocycles. The average Bonchev–Trinajstić information content (AvgIpc) is 2.69. The number of benzene rings is 1. The van der Waals surface area contributed by atoms with Gasteiger partial charge in [0.15, 0.2) is 0 Å². The zero-order chi connectivity index (χ0) is 11.7. The summed E-state index contributed by atoms with van der Waals surface area (Å²) in [4.78, 5) is 9.53. The molecule has 0 aliphatic carbocycles. The first kappa shape index (κ1) is 11.4. The molecule has 0 saturated heterocycles. The highest BCUT2D eigenvalue weighted by Crippen LogP contribution is 2.19. The van der Waals surface area contributed by atoms with E-state index in [4.69, 9.17) is 0 Å². The SMILES string of the molecule is CC(CBr)N(C)c1nc2ccc(F)cc2[nH]1. The Bertz CT molecular complexity index is 497. The van der Waals surface area contributed by atoms with Gasteiger partial charge in [-0.3, -0.25) is 0 Å². The van der Waals surface area contributed by atoms with Crippen molar-refractivity contribution in [2.75, 3.05) is 17.3 Å². The highest BCUT2D eigenvalue weighted by molar-refractivity contribution is 9.09. The Hall–Kier alpha value is -1.10. The van der Waals surface area contributed by atoms with Crippen LogP contribution in [0.2, 0.25) is 0 Å². The van der Waals surface area contributed by atoms with E-state index >= 15 is 0 Å². The van der Waals surface area contributed by atoms with E-state index in [-0.39, 0.29) is 5.82 Å². The lowest BCUT2D eigenvalue weighted by Crippen LogP contribution is -2.30. The predicted molar refractivity (Wildman–Crippen MR) is 67.7 cm³/mol. The van der Waals surface area contributed by atoms with E-state index in [0.717, 1.165) is 22.3 Å². The fourth-order valence-corrected chi connectivity index (χ4v) is 1.88. The summed E-state index contributed by atoms with van der Waals surface area (Å²) in [6.45, 7) is 2.09. The highest BCUT2D eigenvalue weighted by Gasteiger charge is 2.12. The molecule has 2 rings (SSSR count). The maximum Gasteiger partial charge on any atom is 0.203 e. The molecule has 1 unspecified atom stereocenters. The number of nitrogens with one attached hydrogen (secondary N) is 1. The molecule has 0 spiro atoms. The summed E-state index contributed by atoms with van der Waals surface area (Å²) < 4.78 is 13.0. The van der Waals surface area contributed by atoms with E-state index in [1.165, 1.54) is 12.1 Å². The van der Waals surface area contributed by atoms with Crippen LogP contribution in [0.4, 0.5) is 10.3 Å². The minimum Gasteiger partial charge on any atom is -0.342 e. The maximum atomic E-state index is 13.0. The molecule has 0 amide bonds. The third kappa shape index (κ3) is 2.04. The fraction of sp³-hybridized carbons (Fsp3) is 0.364. The van der Waals surface area contributed by atoms with E-state index in [2.05, 4.69) is 32.8 Å². The predicted octanol–water partition coefficient (Wildman–Crippen LogP) is 2.92. The molecule has 3 nitrogen and oxygen atoms in total. The number of alkyl halides is 1. The number of aromatic amines is 1. The van der Waals surface area contributed by atoms with Gasteiger partial charge >= 0.3 is 0 Å². The van der Waals surface area contributed by atoms with Gasteiger partial charge in [0.05, 0.1) is 11.0 Å². The highest BCUT2D eigenvalue weighted by atomic mass is 79.9. The topological polar surface area (TPSA) is 31.9 Å². The molecule has 0 radical (unpaired) electrons. The summed E-state index contributed by atoms with van der Waals surface area (Å²) in [5.41, 5.74) is 1.51. The van der Waals surface area contributed by atoms with Crippen molar-refractivity contribution in [1.29, 1.82) is 0 Å². The number of rotatable bonds is 3. The molecular formula is C11H13BrFN3. The van der Waals surface area contributed by atoms with Crippen LogP contribution in [-0.2, 0) is 0 Å². The second-order valence-electron chi connectivity index (χ2n) is 3.84. The van der Waals surface area contributed by atoms with Crippen LogP contribution < -0.4 is 4.90 Å². The molecule has 0 aliphatic rings. The van der Waals surface area contributed by atoms with Crippen LogP contribution in [0.1, 0.15) is 6.92 Å². The molecule has 1 atom stereocenters. The molecule has 0 saturated carbocycles. The van der Waals surface area contributed by atoms with Crippen LogP contribution in [0.25, 0.3) is 11.0 Å². The number of aromatic nitrogens is 2. The largest absolute Gasteiger partial charge is 0.342 e. The van der Waals surface area contributed by atoms with Gasteiger partial charge in [-0.05, 0) is 25.1 Å². The Morgan fingerprint density at radius 1 is 1.56 bits per heavy atom. The number of hydrogen-bond donors (Lipinski definition) is 1. The van der Waals surface area contributed by atoms with Gasteiger partial charge in [0.1, 0.15) is 5.82 Å². The average molecular weight is 286 g/mol. The van der Waals surface area contributed by atoms with Crippen molar-refractivity contribution in [2.24, 2.45) is 0 Å². The van der Waals surface area contributed by atoms with Crippen LogP contribution in [-0.4, -0.2) is 28.4 Å². The lowest BCUT2D eigenvalue weighted by atomic mass is 10.3. The van der Waals surface area contributed by atoms with Crippen LogP contribution in [0.3, 0.4) is 0 Å². The van der Waals surface area contributed by atoms with E-state index in [0.29, 0.717) is 6.04 Å². The molecule has 0 fully saturated rings. The minimum atomic E-state index is -0.251. The molecule has 1 N–H and O–H groups in total. The van der Waals surface area contributed by atoms with Crippen molar-refractivity contribution in [1.82, 2.24) is 9.97 Å². The van der Waals surface area contributed by atoms with Gasteiger partial charge in [-0.15, -0.1) is 0 Å². The molecule has 0 bridgehead atoms. The number of H-pyrrole nitrogens is 1. The molecule has 2 aromatic rings. The third-order valence-corrected chi connectivity index (χ3v) is 3.59. The summed E-state index contributed by atoms with van der Waals surface area (Å²) in [6, 6.07) is 4.88. The Labute approximate surface area is 102 Å². The Morgan fingerprint density at radius 2 is 2.31 bits per heavy atom. The summed E-state index contributed by atoms with van der Waals surface area (Å²) in [6.07, 6.45) is 0. The van der Waals surface area contributed by atoms with Crippen LogP contribution >= 0.6 is 15.9 Å². The number of anilines is 1. The number of imidazole rings is 1. The molecule has 1 aromatic carbocycles. The van der Waals surface area contributed by atoms with Crippen molar-refractivity contribution in [2.45, 2.75) is 13.0 Å². The Kier molecular flexibility index (Phi) is 3.14. The van der Waals surface area contributed by atoms with Crippen LogP contribution in [0, 0.1) is 5.82 Å². The zero-order valence-corrected chi connectivity index (χ0v) is 10.8. The second kappa shape index (κ2) is 4.41. The van der Waals surface area contributed by atoms with Gasteiger partial charge in [0.2, 0.25) is 5.95 Å². The molecule has 1 heterocycles. The number of hydrogen-bond acceptors (Lipinski definition) is 2. The fourth-order valence-electron chi connectivity index (χ4n) is 1.45. The summed E-state index contributed by atoms with van der Waals surface area (Å²) >= 11 is 3.42. The van der Waals surface area contributed by atoms with Crippen molar-refractivity contribution in [3.63, 3.8) is 0 Å². The molecular weight excluding hydrogens is 273 g/mol. The quantitative estimate of drug-likeness (QED) is 0.880. The normalized spacial score (nSPS) is 13.0. The van der Waals surface area contributed by atoms with E-state index < -0.39 is 0 Å². The monoisotopic (exact) mass is 285 g/mol. The van der Waals surface area contributed by atoms with Crippen molar-refractivity contribution >= 4 is 32.9 Å². The van der Waals surface area contributed by atoms with Gasteiger partial charge in [0.25, 0.3) is 0 Å². The second-order valence-corrected chi connectivity index (χ2v) is 4.48. The van der Waals surface area contributed by atoms with E-state index in [1.54, 1.807) is 6.07 Å². The number of fused-ring (bicyclic) bond motifs is 1. The Balaban J connectivity index is 2.39. The van der Waals surface area contributed by atoms with E-state index in [1.807, 2.05) is 11.9 Å². The van der Waals surface area contributed by atoms with Gasteiger partial charge in [-0.25, -0.2) is 9.37 Å². The van der Waals surface area contributed by atoms with Crippen molar-refractivity contribution in [3.05, 3.63) is 24.0 Å². The number of halogens is 2. The maximum absolute atomic E-state index is 13.0. The van der Waals surface area contributed by atoms with Gasteiger partial charge in [0, 0.05) is 18.4 Å². The van der Waals surface area contributed by atoms with E-state index in [9.17, 15) is 4.39 Å². The van der Waals surface area contributed by atoms with Gasteiger partial charge in [-0.1, -0.05) is 15.9 Å². The Morgan fingerprint density at radius 3 is 3.00 bits per heavy atom. The van der Waals surface area contributed by atoms with Crippen LogP contribution in [0.15, 0.2) is 18.2 Å². The van der Waals surface area contributed by atoms with Crippen LogP contribution in [0.5, 0.6) is 0 Å². The minimum absolute atomic E-state index is 0.251. The van der Waals surface area contributed by atoms with Gasteiger partial charge < -0.3 is 9.88 Å². The zero-order valence-electron chi connectivity index (χ0n) is 9.17. The van der Waals surface area contributed by atoms with Crippen molar-refractivity contribution in [3.8, 4) is 0 Å². The first-order valence-corrected chi connectivity index (χ1v) is 6.18. The molecule has 16 heavy (non-hydrogen) atoms. The summed E-state index contributed by atoms with van der Waals surface area (Å²) in [7, 11) is 1.96. The molecule has 5 heteroatoms. The number of nitrogens with zero attached hydrogens (tertiary/aromatic N) is 2. The molecule has 86 valence electrons. The first-order chi connectivity index (χ1) is 7.61. The van der Waals surface area contributed by atoms with Crippen molar-refractivity contribution < 1.29 is 4.39 Å². The summed E-state index contributed by atoms with van der Waals surface area (Å²) in [5, 5.41) is 0.856. The smallest absolute Gasteiger partial charge is 0.203 e. The summed E-state index contributed by atoms with van der Waals surface area (Å²) in [5.74, 6) is 0.506. The molecule has 0 aliphatic heterocycles. The third-order valence-electron chi connectivity index (χ3n) is 2.65. The standard InChI is InChI=1S/C11H13BrFN3/c1-7(6-12)16(2)11-14-9-4-3-8(13)5-10(9)15-11/h3-5,7H,6H2,1-2H3,(H,14,15). The lowest BCUT2D eigenvalue weighted by Gasteiger charge is -2.21. The van der Waals surface area contributed by atoms with Gasteiger partial charge in [-0.2, -0.15) is 0 Å².